The van der Waals surface area contributed by atoms with Gasteiger partial charge in [0.15, 0.2) is 0 Å². The topological polar surface area (TPSA) is 33.1 Å². The minimum absolute atomic E-state index is 0.552. The Labute approximate surface area is 155 Å². The normalized spacial score (nSPS) is 18.4. The van der Waals surface area contributed by atoms with E-state index in [1.165, 1.54) is 41.5 Å². The third-order valence-electron chi connectivity index (χ3n) is 5.41. The van der Waals surface area contributed by atoms with Gasteiger partial charge in [0, 0.05) is 55.5 Å². The van der Waals surface area contributed by atoms with Crippen molar-refractivity contribution in [2.45, 2.75) is 45.4 Å². The van der Waals surface area contributed by atoms with Gasteiger partial charge in [0.1, 0.15) is 0 Å². The second-order valence-corrected chi connectivity index (χ2v) is 7.23. The van der Waals surface area contributed by atoms with E-state index >= 15 is 0 Å². The van der Waals surface area contributed by atoms with E-state index in [2.05, 4.69) is 69.3 Å². The number of pyridine rings is 1. The lowest BCUT2D eigenvalue weighted by Gasteiger charge is -2.33. The van der Waals surface area contributed by atoms with Crippen LogP contribution in [0.15, 0.2) is 54.9 Å². The van der Waals surface area contributed by atoms with Gasteiger partial charge in [-0.15, -0.1) is 0 Å². The maximum Gasteiger partial charge on any atom is 0.0543 e. The standard InChI is InChI=1S/C22H28N4/c1-2-26-15-18(21-10-3-4-11-22(21)26)14-24-20-9-7-13-25(17-20)16-19-8-5-6-12-23-19/h3-6,8,10-12,15,20,24H,2,7,9,13-14,16-17H2,1H3. The van der Waals surface area contributed by atoms with Crippen LogP contribution >= 0.6 is 0 Å². The lowest BCUT2D eigenvalue weighted by Crippen LogP contribution is -2.45. The van der Waals surface area contributed by atoms with Crippen molar-refractivity contribution in [1.82, 2.24) is 19.8 Å². The average Bonchev–Trinajstić information content (AvgIpc) is 3.05. The number of benzene rings is 1. The van der Waals surface area contributed by atoms with Crippen LogP contribution in [-0.4, -0.2) is 33.6 Å². The largest absolute Gasteiger partial charge is 0.347 e. The molecule has 1 aliphatic heterocycles. The van der Waals surface area contributed by atoms with E-state index in [1.54, 1.807) is 0 Å². The van der Waals surface area contributed by atoms with Gasteiger partial charge in [-0.3, -0.25) is 9.88 Å². The fourth-order valence-corrected chi connectivity index (χ4v) is 4.07. The molecule has 1 aromatic carbocycles. The van der Waals surface area contributed by atoms with Crippen LogP contribution in [0.2, 0.25) is 0 Å². The molecule has 0 aliphatic carbocycles. The van der Waals surface area contributed by atoms with Gasteiger partial charge < -0.3 is 9.88 Å². The summed E-state index contributed by atoms with van der Waals surface area (Å²) in [6.07, 6.45) is 6.71. The highest BCUT2D eigenvalue weighted by molar-refractivity contribution is 5.83. The smallest absolute Gasteiger partial charge is 0.0543 e. The van der Waals surface area contributed by atoms with Crippen LogP contribution in [0.3, 0.4) is 0 Å². The van der Waals surface area contributed by atoms with Crippen molar-refractivity contribution < 1.29 is 0 Å². The summed E-state index contributed by atoms with van der Waals surface area (Å²) in [5, 5.41) is 5.19. The first kappa shape index (κ1) is 17.3. The third kappa shape index (κ3) is 3.81. The van der Waals surface area contributed by atoms with Gasteiger partial charge in [-0.05, 0) is 50.1 Å². The number of piperidine rings is 1. The number of rotatable bonds is 6. The summed E-state index contributed by atoms with van der Waals surface area (Å²) in [5.74, 6) is 0. The first-order valence-electron chi connectivity index (χ1n) is 9.76. The van der Waals surface area contributed by atoms with Gasteiger partial charge in [-0.25, -0.2) is 0 Å². The summed E-state index contributed by atoms with van der Waals surface area (Å²) in [5.41, 5.74) is 3.91. The van der Waals surface area contributed by atoms with Crippen LogP contribution in [0, 0.1) is 0 Å². The first-order valence-corrected chi connectivity index (χ1v) is 9.76. The summed E-state index contributed by atoms with van der Waals surface area (Å²) < 4.78 is 2.35. The van der Waals surface area contributed by atoms with Crippen molar-refractivity contribution in [2.24, 2.45) is 0 Å². The fraction of sp³-hybridized carbons (Fsp3) is 0.409. The summed E-state index contributed by atoms with van der Waals surface area (Å²) in [4.78, 5) is 7.00. The van der Waals surface area contributed by atoms with Crippen LogP contribution in [0.25, 0.3) is 10.9 Å². The minimum atomic E-state index is 0.552. The second kappa shape index (κ2) is 8.02. The molecule has 2 aromatic heterocycles. The molecule has 0 radical (unpaired) electrons. The molecular weight excluding hydrogens is 320 g/mol. The van der Waals surface area contributed by atoms with Gasteiger partial charge >= 0.3 is 0 Å². The number of likely N-dealkylation sites (tertiary alicyclic amines) is 1. The van der Waals surface area contributed by atoms with E-state index in [0.29, 0.717) is 6.04 Å². The summed E-state index contributed by atoms with van der Waals surface area (Å²) >= 11 is 0. The monoisotopic (exact) mass is 348 g/mol. The van der Waals surface area contributed by atoms with Gasteiger partial charge in [0.25, 0.3) is 0 Å². The minimum Gasteiger partial charge on any atom is -0.347 e. The second-order valence-electron chi connectivity index (χ2n) is 7.23. The SMILES string of the molecule is CCn1cc(CNC2CCCN(Cc3ccccn3)C2)c2ccccc21. The van der Waals surface area contributed by atoms with Gasteiger partial charge in [0.2, 0.25) is 0 Å². The number of nitrogens with zero attached hydrogens (tertiary/aromatic N) is 3. The van der Waals surface area contributed by atoms with E-state index in [9.17, 15) is 0 Å². The van der Waals surface area contributed by atoms with E-state index in [4.69, 9.17) is 0 Å². The molecule has 26 heavy (non-hydrogen) atoms. The van der Waals surface area contributed by atoms with Crippen LogP contribution in [0.4, 0.5) is 0 Å². The Kier molecular flexibility index (Phi) is 5.32. The molecule has 1 atom stereocenters. The maximum absolute atomic E-state index is 4.47. The molecule has 1 saturated heterocycles. The van der Waals surface area contributed by atoms with Crippen molar-refractivity contribution in [2.75, 3.05) is 13.1 Å². The van der Waals surface area contributed by atoms with Crippen LogP contribution in [0.5, 0.6) is 0 Å². The van der Waals surface area contributed by atoms with Crippen molar-refractivity contribution in [3.8, 4) is 0 Å². The molecule has 1 N–H and O–H groups in total. The molecule has 1 fully saturated rings. The molecule has 0 spiro atoms. The zero-order valence-corrected chi connectivity index (χ0v) is 15.6. The number of hydrogen-bond donors (Lipinski definition) is 1. The molecular formula is C22H28N4. The highest BCUT2D eigenvalue weighted by atomic mass is 15.2. The van der Waals surface area contributed by atoms with E-state index in [1.807, 2.05) is 12.3 Å². The van der Waals surface area contributed by atoms with Crippen molar-refractivity contribution in [3.05, 3.63) is 66.1 Å². The molecule has 3 aromatic rings. The lowest BCUT2D eigenvalue weighted by atomic mass is 10.0. The highest BCUT2D eigenvalue weighted by Gasteiger charge is 2.20. The summed E-state index contributed by atoms with van der Waals surface area (Å²) in [6, 6.07) is 15.5. The first-order chi connectivity index (χ1) is 12.8. The molecule has 4 nitrogen and oxygen atoms in total. The summed E-state index contributed by atoms with van der Waals surface area (Å²) in [7, 11) is 0. The average molecular weight is 348 g/mol. The predicted molar refractivity (Wildman–Crippen MR) is 107 cm³/mol. The number of para-hydroxylation sites is 1. The molecule has 1 unspecified atom stereocenters. The van der Waals surface area contributed by atoms with E-state index < -0.39 is 0 Å². The summed E-state index contributed by atoms with van der Waals surface area (Å²) in [6.45, 7) is 7.39. The van der Waals surface area contributed by atoms with Crippen LogP contribution in [0.1, 0.15) is 31.0 Å². The fourth-order valence-electron chi connectivity index (χ4n) is 4.07. The zero-order valence-electron chi connectivity index (χ0n) is 15.6. The Balaban J connectivity index is 1.39. The molecule has 136 valence electrons. The number of hydrogen-bond acceptors (Lipinski definition) is 3. The van der Waals surface area contributed by atoms with Crippen LogP contribution < -0.4 is 5.32 Å². The van der Waals surface area contributed by atoms with Crippen molar-refractivity contribution >= 4 is 10.9 Å². The van der Waals surface area contributed by atoms with Gasteiger partial charge in [0.05, 0.1) is 5.69 Å². The Morgan fingerprint density at radius 1 is 1.15 bits per heavy atom. The molecule has 0 amide bonds. The quantitative estimate of drug-likeness (QED) is 0.735. The van der Waals surface area contributed by atoms with Crippen molar-refractivity contribution in [3.63, 3.8) is 0 Å². The Morgan fingerprint density at radius 3 is 2.88 bits per heavy atom. The number of aryl methyl sites for hydroxylation is 1. The van der Waals surface area contributed by atoms with E-state index in [-0.39, 0.29) is 0 Å². The molecule has 4 heteroatoms. The Morgan fingerprint density at radius 2 is 2.04 bits per heavy atom. The van der Waals surface area contributed by atoms with Gasteiger partial charge in [-0.2, -0.15) is 0 Å². The third-order valence-corrected chi connectivity index (χ3v) is 5.41. The number of fused-ring (bicyclic) bond motifs is 1. The molecule has 0 bridgehead atoms. The van der Waals surface area contributed by atoms with Gasteiger partial charge in [-0.1, -0.05) is 24.3 Å². The molecule has 3 heterocycles. The van der Waals surface area contributed by atoms with Crippen molar-refractivity contribution in [1.29, 1.82) is 0 Å². The van der Waals surface area contributed by atoms with Crippen LogP contribution in [-0.2, 0) is 19.6 Å². The predicted octanol–water partition coefficient (Wildman–Crippen LogP) is 3.81. The maximum atomic E-state index is 4.47. The Hall–Kier alpha value is -2.17. The highest BCUT2D eigenvalue weighted by Crippen LogP contribution is 2.22. The Bertz CT molecular complexity index is 840. The molecule has 4 rings (SSSR count). The molecule has 0 saturated carbocycles. The lowest BCUT2D eigenvalue weighted by molar-refractivity contribution is 0.181. The number of aromatic nitrogens is 2. The number of nitrogens with one attached hydrogen (secondary N) is 1. The van der Waals surface area contributed by atoms with E-state index in [0.717, 1.165) is 26.2 Å². The zero-order chi connectivity index (χ0) is 17.8. The molecule has 1 aliphatic rings.